The van der Waals surface area contributed by atoms with Gasteiger partial charge in [-0.3, -0.25) is 10.1 Å². The number of ether oxygens (including phenoxy) is 1. The second-order valence-corrected chi connectivity index (χ2v) is 3.89. The summed E-state index contributed by atoms with van der Waals surface area (Å²) in [5, 5.41) is 38.6. The first kappa shape index (κ1) is 15.6. The first-order chi connectivity index (χ1) is 9.42. The molecule has 2 N–H and O–H groups in total. The molecule has 0 aliphatic carbocycles. The van der Waals surface area contributed by atoms with Gasteiger partial charge in [0.05, 0.1) is 36.2 Å². The van der Waals surface area contributed by atoms with Gasteiger partial charge >= 0.3 is 5.97 Å². The van der Waals surface area contributed by atoms with Crippen LogP contribution in [-0.4, -0.2) is 34.3 Å². The van der Waals surface area contributed by atoms with Gasteiger partial charge in [-0.1, -0.05) is 0 Å². The lowest BCUT2D eigenvalue weighted by Crippen LogP contribution is -2.20. The molecule has 0 saturated carbocycles. The van der Waals surface area contributed by atoms with E-state index < -0.39 is 23.1 Å². The van der Waals surface area contributed by atoms with Crippen molar-refractivity contribution in [2.45, 2.75) is 18.6 Å². The monoisotopic (exact) mass is 280 g/mol. The molecule has 0 aliphatic rings. The molecule has 0 saturated heterocycles. The van der Waals surface area contributed by atoms with E-state index in [0.717, 1.165) is 25.3 Å². The van der Waals surface area contributed by atoms with Crippen molar-refractivity contribution in [2.75, 3.05) is 7.11 Å². The highest BCUT2D eigenvalue weighted by molar-refractivity contribution is 5.92. The number of hydrogen-bond donors (Lipinski definition) is 2. The molecular formula is C12H12N2O6. The van der Waals surface area contributed by atoms with Crippen molar-refractivity contribution in [1.82, 2.24) is 0 Å². The van der Waals surface area contributed by atoms with Crippen LogP contribution in [0.3, 0.4) is 0 Å². The fourth-order valence-corrected chi connectivity index (χ4v) is 1.61. The summed E-state index contributed by atoms with van der Waals surface area (Å²) < 4.78 is 4.48. The molecule has 2 unspecified atom stereocenters. The number of carbonyl (C=O) groups excluding carboxylic acids is 1. The van der Waals surface area contributed by atoms with Crippen molar-refractivity contribution < 1.29 is 24.7 Å². The third-order valence-corrected chi connectivity index (χ3v) is 2.64. The molecular weight excluding hydrogens is 268 g/mol. The largest absolute Gasteiger partial charge is 0.465 e. The van der Waals surface area contributed by atoms with E-state index in [1.165, 1.54) is 0 Å². The van der Waals surface area contributed by atoms with Gasteiger partial charge < -0.3 is 14.9 Å². The minimum Gasteiger partial charge on any atom is -0.465 e. The van der Waals surface area contributed by atoms with Crippen LogP contribution in [0.15, 0.2) is 18.2 Å². The predicted molar refractivity (Wildman–Crippen MR) is 65.6 cm³/mol. The minimum absolute atomic E-state index is 0.0369. The zero-order chi connectivity index (χ0) is 15.3. The van der Waals surface area contributed by atoms with E-state index in [9.17, 15) is 25.1 Å². The van der Waals surface area contributed by atoms with Gasteiger partial charge in [0.2, 0.25) is 0 Å². The topological polar surface area (TPSA) is 134 Å². The molecule has 0 amide bonds. The standard InChI is InChI=1S/C12H12N2O6/c1-20-12(17)9-6-7(14(18)19)2-3-8(9)11(16)10(15)4-5-13/h2-3,6,10-11,15-16H,4H2,1H3. The lowest BCUT2D eigenvalue weighted by atomic mass is 9.97. The summed E-state index contributed by atoms with van der Waals surface area (Å²) in [7, 11) is 1.09. The van der Waals surface area contributed by atoms with E-state index in [4.69, 9.17) is 5.26 Å². The SMILES string of the molecule is COC(=O)c1cc([N+](=O)[O-])ccc1C(O)C(O)CC#N. The Hall–Kier alpha value is -2.50. The van der Waals surface area contributed by atoms with Gasteiger partial charge in [0, 0.05) is 12.1 Å². The van der Waals surface area contributed by atoms with Crippen molar-refractivity contribution in [3.05, 3.63) is 39.4 Å². The van der Waals surface area contributed by atoms with Crippen molar-refractivity contribution in [1.29, 1.82) is 5.26 Å². The summed E-state index contributed by atoms with van der Waals surface area (Å²) in [5.74, 6) is -0.882. The first-order valence-corrected chi connectivity index (χ1v) is 5.52. The maximum absolute atomic E-state index is 11.6. The second kappa shape index (κ2) is 6.60. The van der Waals surface area contributed by atoms with E-state index in [1.54, 1.807) is 6.07 Å². The van der Waals surface area contributed by atoms with Crippen LogP contribution >= 0.6 is 0 Å². The lowest BCUT2D eigenvalue weighted by Gasteiger charge is -2.17. The van der Waals surface area contributed by atoms with Crippen LogP contribution in [0.25, 0.3) is 0 Å². The quantitative estimate of drug-likeness (QED) is 0.460. The number of hydrogen-bond acceptors (Lipinski definition) is 7. The molecule has 0 fully saturated rings. The molecule has 0 radical (unpaired) electrons. The highest BCUT2D eigenvalue weighted by atomic mass is 16.6. The number of esters is 1. The fraction of sp³-hybridized carbons (Fsp3) is 0.333. The smallest absolute Gasteiger partial charge is 0.338 e. The molecule has 1 aromatic carbocycles. The minimum atomic E-state index is -1.52. The van der Waals surface area contributed by atoms with Gasteiger partial charge in [-0.25, -0.2) is 4.79 Å². The molecule has 106 valence electrons. The summed E-state index contributed by atoms with van der Waals surface area (Å²) in [4.78, 5) is 21.6. The number of nitrogens with zero attached hydrogens (tertiary/aromatic N) is 2. The first-order valence-electron chi connectivity index (χ1n) is 5.52. The Morgan fingerprint density at radius 1 is 1.55 bits per heavy atom. The molecule has 0 aromatic heterocycles. The van der Waals surface area contributed by atoms with Crippen LogP contribution in [0.5, 0.6) is 0 Å². The Balaban J connectivity index is 3.28. The average molecular weight is 280 g/mol. The van der Waals surface area contributed by atoms with Crippen molar-refractivity contribution in [3.8, 4) is 6.07 Å². The van der Waals surface area contributed by atoms with Crippen LogP contribution in [0.4, 0.5) is 5.69 Å². The number of aliphatic hydroxyl groups excluding tert-OH is 2. The number of nitriles is 1. The molecule has 0 bridgehead atoms. The van der Waals surface area contributed by atoms with Crippen LogP contribution in [-0.2, 0) is 4.74 Å². The Morgan fingerprint density at radius 2 is 2.20 bits per heavy atom. The molecule has 8 nitrogen and oxygen atoms in total. The van der Waals surface area contributed by atoms with Gasteiger partial charge in [-0.15, -0.1) is 0 Å². The van der Waals surface area contributed by atoms with Crippen molar-refractivity contribution in [3.63, 3.8) is 0 Å². The maximum atomic E-state index is 11.6. The summed E-state index contributed by atoms with van der Waals surface area (Å²) >= 11 is 0. The summed E-state index contributed by atoms with van der Waals surface area (Å²) in [6.45, 7) is 0. The number of nitro groups is 1. The Kier molecular flexibility index (Phi) is 5.14. The number of nitro benzene ring substituents is 1. The third-order valence-electron chi connectivity index (χ3n) is 2.64. The Morgan fingerprint density at radius 3 is 2.70 bits per heavy atom. The molecule has 0 spiro atoms. The summed E-state index contributed by atoms with van der Waals surface area (Å²) in [5.41, 5.74) is -0.618. The Bertz CT molecular complexity index is 566. The molecule has 20 heavy (non-hydrogen) atoms. The third kappa shape index (κ3) is 3.28. The lowest BCUT2D eigenvalue weighted by molar-refractivity contribution is -0.384. The van der Waals surface area contributed by atoms with E-state index in [0.29, 0.717) is 0 Å². The highest BCUT2D eigenvalue weighted by Crippen LogP contribution is 2.26. The fourth-order valence-electron chi connectivity index (χ4n) is 1.61. The number of methoxy groups -OCH3 is 1. The second-order valence-electron chi connectivity index (χ2n) is 3.89. The molecule has 0 heterocycles. The zero-order valence-corrected chi connectivity index (χ0v) is 10.5. The van der Waals surface area contributed by atoms with Gasteiger partial charge in [0.15, 0.2) is 0 Å². The molecule has 1 aromatic rings. The molecule has 0 aliphatic heterocycles. The van der Waals surface area contributed by atoms with Crippen molar-refractivity contribution in [2.24, 2.45) is 0 Å². The van der Waals surface area contributed by atoms with Crippen LogP contribution < -0.4 is 0 Å². The highest BCUT2D eigenvalue weighted by Gasteiger charge is 2.26. The van der Waals surface area contributed by atoms with Crippen LogP contribution in [0.2, 0.25) is 0 Å². The van der Waals surface area contributed by atoms with Crippen molar-refractivity contribution >= 4 is 11.7 Å². The predicted octanol–water partition coefficient (Wildman–Crippen LogP) is 0.689. The maximum Gasteiger partial charge on any atom is 0.338 e. The van der Waals surface area contributed by atoms with Gasteiger partial charge in [-0.05, 0) is 11.6 Å². The van der Waals surface area contributed by atoms with Crippen LogP contribution in [0, 0.1) is 21.4 Å². The average Bonchev–Trinajstić information content (AvgIpc) is 2.45. The normalized spacial score (nSPS) is 13.1. The molecule has 8 heteroatoms. The number of rotatable bonds is 5. The van der Waals surface area contributed by atoms with E-state index >= 15 is 0 Å². The number of carbonyl (C=O) groups is 1. The van der Waals surface area contributed by atoms with Gasteiger partial charge in [0.25, 0.3) is 5.69 Å². The number of non-ortho nitro benzene ring substituents is 1. The Labute approximate surface area is 114 Å². The molecule has 2 atom stereocenters. The summed E-state index contributed by atoms with van der Waals surface area (Å²) in [6, 6.07) is 4.86. The zero-order valence-electron chi connectivity index (χ0n) is 10.5. The summed E-state index contributed by atoms with van der Waals surface area (Å²) in [6.07, 6.45) is -3.28. The van der Waals surface area contributed by atoms with Gasteiger partial charge in [0.1, 0.15) is 6.10 Å². The van der Waals surface area contributed by atoms with E-state index in [2.05, 4.69) is 4.74 Å². The van der Waals surface area contributed by atoms with Gasteiger partial charge in [-0.2, -0.15) is 5.26 Å². The van der Waals surface area contributed by atoms with Crippen LogP contribution in [0.1, 0.15) is 28.4 Å². The van der Waals surface area contributed by atoms with E-state index in [1.807, 2.05) is 0 Å². The number of aliphatic hydroxyl groups is 2. The number of benzene rings is 1. The van der Waals surface area contributed by atoms with E-state index in [-0.39, 0.29) is 23.2 Å². The molecule has 1 rings (SSSR count).